The van der Waals surface area contributed by atoms with E-state index < -0.39 is 23.4 Å². The summed E-state index contributed by atoms with van der Waals surface area (Å²) in [4.78, 5) is 14.2. The van der Waals surface area contributed by atoms with E-state index in [1.807, 2.05) is 5.38 Å². The molecule has 0 saturated carbocycles. The number of thiophene rings is 1. The van der Waals surface area contributed by atoms with Gasteiger partial charge in [0.2, 0.25) is 0 Å². The maximum Gasteiger partial charge on any atom is 0.319 e. The average Bonchev–Trinajstić information content (AvgIpc) is 3.16. The van der Waals surface area contributed by atoms with Crippen molar-refractivity contribution >= 4 is 23.1 Å². The quantitative estimate of drug-likeness (QED) is 0.898. The Morgan fingerprint density at radius 1 is 1.30 bits per heavy atom. The first-order valence-electron chi connectivity index (χ1n) is 7.37. The van der Waals surface area contributed by atoms with Crippen molar-refractivity contribution in [3.05, 3.63) is 52.2 Å². The van der Waals surface area contributed by atoms with E-state index in [0.29, 0.717) is 0 Å². The van der Waals surface area contributed by atoms with Crippen molar-refractivity contribution in [2.24, 2.45) is 0 Å². The summed E-state index contributed by atoms with van der Waals surface area (Å²) >= 11 is 1.66. The number of anilines is 1. The van der Waals surface area contributed by atoms with Gasteiger partial charge in [0.15, 0.2) is 0 Å². The molecular formula is C16H17F2N3OS. The van der Waals surface area contributed by atoms with E-state index in [2.05, 4.69) is 27.0 Å². The lowest BCUT2D eigenvalue weighted by molar-refractivity contribution is 0.247. The lowest BCUT2D eigenvalue weighted by Crippen LogP contribution is -2.39. The largest absolute Gasteiger partial charge is 0.334 e. The molecule has 0 bridgehead atoms. The van der Waals surface area contributed by atoms with Crippen LogP contribution in [0.1, 0.15) is 12.0 Å². The van der Waals surface area contributed by atoms with Crippen LogP contribution in [0.5, 0.6) is 0 Å². The zero-order valence-corrected chi connectivity index (χ0v) is 13.2. The topological polar surface area (TPSA) is 44.4 Å². The van der Waals surface area contributed by atoms with Crippen LogP contribution in [0.15, 0.2) is 35.0 Å². The fraction of sp³-hybridized carbons (Fsp3) is 0.312. The van der Waals surface area contributed by atoms with Crippen molar-refractivity contribution in [2.75, 3.05) is 18.4 Å². The average molecular weight is 337 g/mol. The number of para-hydroxylation sites is 1. The van der Waals surface area contributed by atoms with Crippen LogP contribution in [0.3, 0.4) is 0 Å². The number of urea groups is 1. The van der Waals surface area contributed by atoms with E-state index in [1.165, 1.54) is 11.6 Å². The molecule has 1 atom stereocenters. The third kappa shape index (κ3) is 4.05. The summed E-state index contributed by atoms with van der Waals surface area (Å²) in [6, 6.07) is 4.94. The Morgan fingerprint density at radius 3 is 2.78 bits per heavy atom. The van der Waals surface area contributed by atoms with Crippen LogP contribution in [0.25, 0.3) is 0 Å². The monoisotopic (exact) mass is 337 g/mol. The lowest BCUT2D eigenvalue weighted by atomic mass is 10.2. The molecule has 1 aliphatic heterocycles. The fourth-order valence-electron chi connectivity index (χ4n) is 2.69. The van der Waals surface area contributed by atoms with Gasteiger partial charge in [0, 0.05) is 25.7 Å². The predicted molar refractivity (Wildman–Crippen MR) is 86.5 cm³/mol. The van der Waals surface area contributed by atoms with E-state index in [-0.39, 0.29) is 6.04 Å². The number of rotatable bonds is 4. The Labute approximate surface area is 137 Å². The Kier molecular flexibility index (Phi) is 4.88. The van der Waals surface area contributed by atoms with Gasteiger partial charge < -0.3 is 10.6 Å². The molecule has 1 saturated heterocycles. The molecule has 1 aromatic carbocycles. The Morgan fingerprint density at radius 2 is 2.09 bits per heavy atom. The SMILES string of the molecule is O=C(Nc1c(F)cccc1F)N[C@H]1CCN(Cc2ccsc2)C1. The number of carbonyl (C=O) groups excluding carboxylic acids is 1. The normalized spacial score (nSPS) is 18.1. The van der Waals surface area contributed by atoms with Gasteiger partial charge in [-0.3, -0.25) is 4.90 Å². The summed E-state index contributed by atoms with van der Waals surface area (Å²) in [5.74, 6) is -1.57. The van der Waals surface area contributed by atoms with Crippen LogP contribution in [0, 0.1) is 11.6 Å². The fourth-order valence-corrected chi connectivity index (χ4v) is 3.35. The van der Waals surface area contributed by atoms with Gasteiger partial charge in [0.1, 0.15) is 17.3 Å². The van der Waals surface area contributed by atoms with Crippen LogP contribution in [0.2, 0.25) is 0 Å². The molecule has 0 spiro atoms. The summed E-state index contributed by atoms with van der Waals surface area (Å²) in [6.45, 7) is 2.46. The molecule has 23 heavy (non-hydrogen) atoms. The van der Waals surface area contributed by atoms with Gasteiger partial charge in [0.05, 0.1) is 0 Å². The first kappa shape index (κ1) is 15.9. The van der Waals surface area contributed by atoms with Crippen LogP contribution >= 0.6 is 11.3 Å². The number of hydrogen-bond donors (Lipinski definition) is 2. The van der Waals surface area contributed by atoms with E-state index >= 15 is 0 Å². The number of hydrogen-bond acceptors (Lipinski definition) is 3. The summed E-state index contributed by atoms with van der Waals surface area (Å²) < 4.78 is 27.0. The molecule has 122 valence electrons. The molecule has 1 aliphatic rings. The van der Waals surface area contributed by atoms with Crippen molar-refractivity contribution in [3.8, 4) is 0 Å². The number of likely N-dealkylation sites (tertiary alicyclic amines) is 1. The molecule has 7 heteroatoms. The standard InChI is InChI=1S/C16H17F2N3OS/c17-13-2-1-3-14(18)15(13)20-16(22)19-12-4-6-21(9-12)8-11-5-7-23-10-11/h1-3,5,7,10,12H,4,6,8-9H2,(H2,19,20,22)/t12-/m0/s1. The van der Waals surface area contributed by atoms with Crippen LogP contribution < -0.4 is 10.6 Å². The Hall–Kier alpha value is -1.99. The highest BCUT2D eigenvalue weighted by Gasteiger charge is 2.24. The minimum Gasteiger partial charge on any atom is -0.334 e. The molecule has 1 fully saturated rings. The number of carbonyl (C=O) groups is 1. The molecule has 2 heterocycles. The highest BCUT2D eigenvalue weighted by Crippen LogP contribution is 2.19. The lowest BCUT2D eigenvalue weighted by Gasteiger charge is -2.16. The summed E-state index contributed by atoms with van der Waals surface area (Å²) in [7, 11) is 0. The summed E-state index contributed by atoms with van der Waals surface area (Å²) in [5.41, 5.74) is 0.839. The highest BCUT2D eigenvalue weighted by molar-refractivity contribution is 7.07. The van der Waals surface area contributed by atoms with Gasteiger partial charge in [-0.2, -0.15) is 11.3 Å². The molecule has 4 nitrogen and oxygen atoms in total. The third-order valence-corrected chi connectivity index (χ3v) is 4.53. The van der Waals surface area contributed by atoms with Crippen molar-refractivity contribution in [2.45, 2.75) is 19.0 Å². The predicted octanol–water partition coefficient (Wildman–Crippen LogP) is 3.42. The zero-order valence-electron chi connectivity index (χ0n) is 12.4. The second kappa shape index (κ2) is 7.06. The van der Waals surface area contributed by atoms with E-state index in [0.717, 1.165) is 38.2 Å². The molecule has 1 aromatic heterocycles. The second-order valence-corrected chi connectivity index (χ2v) is 6.33. The number of amides is 2. The molecule has 0 unspecified atom stereocenters. The maximum atomic E-state index is 13.5. The van der Waals surface area contributed by atoms with Crippen molar-refractivity contribution in [1.29, 1.82) is 0 Å². The Balaban J connectivity index is 1.51. The number of nitrogens with one attached hydrogen (secondary N) is 2. The van der Waals surface area contributed by atoms with Crippen LogP contribution in [-0.2, 0) is 6.54 Å². The van der Waals surface area contributed by atoms with E-state index in [1.54, 1.807) is 11.3 Å². The van der Waals surface area contributed by atoms with Gasteiger partial charge in [0.25, 0.3) is 0 Å². The highest BCUT2D eigenvalue weighted by atomic mass is 32.1. The van der Waals surface area contributed by atoms with E-state index in [9.17, 15) is 13.6 Å². The molecule has 0 aliphatic carbocycles. The van der Waals surface area contributed by atoms with Gasteiger partial charge in [-0.15, -0.1) is 0 Å². The van der Waals surface area contributed by atoms with Gasteiger partial charge >= 0.3 is 6.03 Å². The number of benzene rings is 1. The minimum absolute atomic E-state index is 0.0246. The summed E-state index contributed by atoms with van der Waals surface area (Å²) in [6.07, 6.45) is 0.817. The molecule has 2 amide bonds. The molecule has 2 aromatic rings. The molecule has 3 rings (SSSR count). The number of halogens is 2. The zero-order chi connectivity index (χ0) is 16.2. The van der Waals surface area contributed by atoms with Crippen molar-refractivity contribution in [1.82, 2.24) is 10.2 Å². The Bertz CT molecular complexity index is 658. The number of nitrogens with zero attached hydrogens (tertiary/aromatic N) is 1. The third-order valence-electron chi connectivity index (χ3n) is 3.80. The maximum absolute atomic E-state index is 13.5. The van der Waals surface area contributed by atoms with Crippen molar-refractivity contribution < 1.29 is 13.6 Å². The molecular weight excluding hydrogens is 320 g/mol. The minimum atomic E-state index is -0.786. The van der Waals surface area contributed by atoms with Gasteiger partial charge in [-0.05, 0) is 40.9 Å². The second-order valence-electron chi connectivity index (χ2n) is 5.55. The van der Waals surface area contributed by atoms with Crippen molar-refractivity contribution in [3.63, 3.8) is 0 Å². The first-order chi connectivity index (χ1) is 11.1. The first-order valence-corrected chi connectivity index (χ1v) is 8.31. The van der Waals surface area contributed by atoms with E-state index in [4.69, 9.17) is 0 Å². The van der Waals surface area contributed by atoms with Crippen LogP contribution in [-0.4, -0.2) is 30.1 Å². The molecule has 0 radical (unpaired) electrons. The smallest absolute Gasteiger partial charge is 0.319 e. The molecule has 2 N–H and O–H groups in total. The van der Waals surface area contributed by atoms with Gasteiger partial charge in [-0.25, -0.2) is 13.6 Å². The summed E-state index contributed by atoms with van der Waals surface area (Å²) in [5, 5.41) is 9.16. The van der Waals surface area contributed by atoms with Crippen LogP contribution in [0.4, 0.5) is 19.3 Å². The van der Waals surface area contributed by atoms with Gasteiger partial charge in [-0.1, -0.05) is 6.07 Å².